The second kappa shape index (κ2) is 5.09. The molecule has 0 atom stereocenters. The predicted molar refractivity (Wildman–Crippen MR) is 66.3 cm³/mol. The zero-order valence-corrected chi connectivity index (χ0v) is 11.3. The summed E-state index contributed by atoms with van der Waals surface area (Å²) < 4.78 is 43.2. The van der Waals surface area contributed by atoms with Crippen molar-refractivity contribution in [2.24, 2.45) is 0 Å². The van der Waals surface area contributed by atoms with E-state index >= 15 is 0 Å². The minimum absolute atomic E-state index is 0.00609. The van der Waals surface area contributed by atoms with E-state index in [1.165, 1.54) is 13.0 Å². The number of nitrogens with zero attached hydrogens (tertiary/aromatic N) is 4. The molecule has 112 valence electrons. The summed E-state index contributed by atoms with van der Waals surface area (Å²) in [5.74, 6) is -0.411. The fourth-order valence-electron chi connectivity index (χ4n) is 2.49. The van der Waals surface area contributed by atoms with Crippen molar-refractivity contribution in [3.63, 3.8) is 0 Å². The number of hydrogen-bond donors (Lipinski definition) is 0. The van der Waals surface area contributed by atoms with Crippen LogP contribution in [0.3, 0.4) is 0 Å². The Hall–Kier alpha value is -1.99. The van der Waals surface area contributed by atoms with Crippen molar-refractivity contribution in [1.82, 2.24) is 20.1 Å². The van der Waals surface area contributed by atoms with Gasteiger partial charge >= 0.3 is 6.18 Å². The van der Waals surface area contributed by atoms with E-state index in [4.69, 9.17) is 4.52 Å². The first-order valence-corrected chi connectivity index (χ1v) is 6.70. The maximum Gasteiger partial charge on any atom is 0.451 e. The molecule has 3 rings (SSSR count). The zero-order chi connectivity index (χ0) is 15.0. The van der Waals surface area contributed by atoms with E-state index in [0.29, 0.717) is 5.82 Å². The predicted octanol–water partition coefficient (Wildman–Crippen LogP) is 3.51. The quantitative estimate of drug-likeness (QED) is 0.848. The van der Waals surface area contributed by atoms with Crippen molar-refractivity contribution in [3.8, 4) is 11.6 Å². The van der Waals surface area contributed by atoms with Gasteiger partial charge in [0.15, 0.2) is 5.82 Å². The summed E-state index contributed by atoms with van der Waals surface area (Å²) in [7, 11) is 0. The van der Waals surface area contributed by atoms with Crippen LogP contribution in [0, 0.1) is 6.92 Å². The molecular weight excluding hydrogens is 285 g/mol. The van der Waals surface area contributed by atoms with Crippen molar-refractivity contribution >= 4 is 0 Å². The van der Waals surface area contributed by atoms with Crippen molar-refractivity contribution in [2.75, 3.05) is 0 Å². The average molecular weight is 298 g/mol. The molecular formula is C13H13F3N4O. The largest absolute Gasteiger partial charge is 0.451 e. The van der Waals surface area contributed by atoms with E-state index in [1.54, 1.807) is 0 Å². The third kappa shape index (κ3) is 2.88. The van der Waals surface area contributed by atoms with Crippen molar-refractivity contribution in [3.05, 3.63) is 23.4 Å². The first-order valence-electron chi connectivity index (χ1n) is 6.70. The van der Waals surface area contributed by atoms with Crippen LogP contribution < -0.4 is 0 Å². The highest BCUT2D eigenvalue weighted by molar-refractivity contribution is 5.47. The first-order chi connectivity index (χ1) is 9.93. The lowest BCUT2D eigenvalue weighted by Gasteiger charge is -2.06. The number of rotatable bonds is 2. The second-order valence-electron chi connectivity index (χ2n) is 5.16. The van der Waals surface area contributed by atoms with Gasteiger partial charge in [0.25, 0.3) is 5.89 Å². The molecule has 0 unspecified atom stereocenters. The van der Waals surface area contributed by atoms with Gasteiger partial charge in [0, 0.05) is 11.6 Å². The van der Waals surface area contributed by atoms with Crippen LogP contribution >= 0.6 is 0 Å². The van der Waals surface area contributed by atoms with Gasteiger partial charge in [-0.25, -0.2) is 9.97 Å². The molecule has 1 aliphatic rings. The van der Waals surface area contributed by atoms with E-state index in [0.717, 1.165) is 25.7 Å². The molecule has 0 bridgehead atoms. The number of aryl methyl sites for hydroxylation is 1. The van der Waals surface area contributed by atoms with Crippen LogP contribution in [0.15, 0.2) is 10.6 Å². The first kappa shape index (κ1) is 14.0. The lowest BCUT2D eigenvalue weighted by atomic mass is 10.1. The smallest absolute Gasteiger partial charge is 0.332 e. The van der Waals surface area contributed by atoms with Crippen LogP contribution in [0.4, 0.5) is 13.2 Å². The molecule has 2 aromatic heterocycles. The lowest BCUT2D eigenvalue weighted by Crippen LogP contribution is -2.12. The average Bonchev–Trinajstić information content (AvgIpc) is 3.08. The third-order valence-electron chi connectivity index (χ3n) is 3.49. The highest BCUT2D eigenvalue weighted by atomic mass is 19.4. The van der Waals surface area contributed by atoms with Crippen LogP contribution in [0.5, 0.6) is 0 Å². The molecule has 0 N–H and O–H groups in total. The summed E-state index contributed by atoms with van der Waals surface area (Å²) in [6.07, 6.45) is -0.418. The molecule has 5 nitrogen and oxygen atoms in total. The van der Waals surface area contributed by atoms with Gasteiger partial charge in [-0.3, -0.25) is 0 Å². The second-order valence-corrected chi connectivity index (χ2v) is 5.16. The normalized spacial score (nSPS) is 16.6. The van der Waals surface area contributed by atoms with Crippen molar-refractivity contribution in [1.29, 1.82) is 0 Å². The Kier molecular flexibility index (Phi) is 3.38. The van der Waals surface area contributed by atoms with Gasteiger partial charge in [-0.05, 0) is 25.8 Å². The summed E-state index contributed by atoms with van der Waals surface area (Å²) in [4.78, 5) is 11.1. The fraction of sp³-hybridized carbons (Fsp3) is 0.538. The number of aromatic nitrogens is 4. The van der Waals surface area contributed by atoms with Crippen LogP contribution in [0.1, 0.15) is 48.9 Å². The molecule has 0 radical (unpaired) electrons. The van der Waals surface area contributed by atoms with E-state index in [1.807, 2.05) is 0 Å². The van der Waals surface area contributed by atoms with Gasteiger partial charge in [0.2, 0.25) is 5.82 Å². The fourth-order valence-corrected chi connectivity index (χ4v) is 2.49. The van der Waals surface area contributed by atoms with Gasteiger partial charge in [-0.15, -0.1) is 0 Å². The zero-order valence-electron chi connectivity index (χ0n) is 11.3. The van der Waals surface area contributed by atoms with Gasteiger partial charge in [-0.1, -0.05) is 18.0 Å². The van der Waals surface area contributed by atoms with E-state index in [2.05, 4.69) is 20.1 Å². The Labute approximate surface area is 118 Å². The Balaban J connectivity index is 1.95. The topological polar surface area (TPSA) is 64.7 Å². The molecule has 21 heavy (non-hydrogen) atoms. The van der Waals surface area contributed by atoms with E-state index in [9.17, 15) is 13.2 Å². The van der Waals surface area contributed by atoms with Crippen LogP contribution in [0.2, 0.25) is 0 Å². The molecule has 1 aliphatic carbocycles. The maximum absolute atomic E-state index is 12.7. The summed E-state index contributed by atoms with van der Waals surface area (Å²) in [5.41, 5.74) is 0.208. The number of hydrogen-bond acceptors (Lipinski definition) is 5. The highest BCUT2D eigenvalue weighted by Crippen LogP contribution is 2.33. The molecule has 1 fully saturated rings. The molecule has 0 saturated heterocycles. The van der Waals surface area contributed by atoms with E-state index < -0.39 is 12.0 Å². The standard InChI is InChI=1S/C13H13F3N4O/c1-7-6-9(18-12(17-7)13(14,15)16)11-19-10(20-21-11)8-4-2-3-5-8/h6,8H,2-5H2,1H3. The maximum atomic E-state index is 12.7. The molecule has 2 aromatic rings. The molecule has 0 spiro atoms. The van der Waals surface area contributed by atoms with E-state index in [-0.39, 0.29) is 23.2 Å². The van der Waals surface area contributed by atoms with Gasteiger partial charge in [0.05, 0.1) is 0 Å². The Morgan fingerprint density at radius 3 is 2.52 bits per heavy atom. The molecule has 0 aromatic carbocycles. The summed E-state index contributed by atoms with van der Waals surface area (Å²) in [6, 6.07) is 1.40. The Morgan fingerprint density at radius 1 is 1.14 bits per heavy atom. The van der Waals surface area contributed by atoms with Crippen molar-refractivity contribution in [2.45, 2.75) is 44.7 Å². The Bertz CT molecular complexity index is 647. The minimum Gasteiger partial charge on any atom is -0.332 e. The molecule has 0 amide bonds. The SMILES string of the molecule is Cc1cc(-c2nc(C3CCCC3)no2)nc(C(F)(F)F)n1. The van der Waals surface area contributed by atoms with Crippen LogP contribution in [-0.2, 0) is 6.18 Å². The number of halogens is 3. The minimum atomic E-state index is -4.60. The van der Waals surface area contributed by atoms with Crippen molar-refractivity contribution < 1.29 is 17.7 Å². The summed E-state index contributed by atoms with van der Waals surface area (Å²) in [6.45, 7) is 1.47. The van der Waals surface area contributed by atoms with Gasteiger partial charge in [-0.2, -0.15) is 18.2 Å². The summed E-state index contributed by atoms with van der Waals surface area (Å²) in [5, 5.41) is 3.87. The molecule has 8 heteroatoms. The highest BCUT2D eigenvalue weighted by Gasteiger charge is 2.35. The molecule has 2 heterocycles. The van der Waals surface area contributed by atoms with Crippen LogP contribution in [-0.4, -0.2) is 20.1 Å². The van der Waals surface area contributed by atoms with Crippen LogP contribution in [0.25, 0.3) is 11.6 Å². The number of alkyl halides is 3. The summed E-state index contributed by atoms with van der Waals surface area (Å²) >= 11 is 0. The van der Waals surface area contributed by atoms with Gasteiger partial charge < -0.3 is 4.52 Å². The lowest BCUT2D eigenvalue weighted by molar-refractivity contribution is -0.145. The third-order valence-corrected chi connectivity index (χ3v) is 3.49. The monoisotopic (exact) mass is 298 g/mol. The Morgan fingerprint density at radius 2 is 1.86 bits per heavy atom. The molecule has 1 saturated carbocycles. The van der Waals surface area contributed by atoms with Gasteiger partial charge in [0.1, 0.15) is 5.69 Å². The molecule has 0 aliphatic heterocycles.